The van der Waals surface area contributed by atoms with Crippen molar-refractivity contribution in [2.45, 2.75) is 40.0 Å². The first kappa shape index (κ1) is 12.7. The van der Waals surface area contributed by atoms with Crippen LogP contribution in [0.25, 0.3) is 0 Å². The molecule has 0 N–H and O–H groups in total. The number of carbonyl (C=O) groups excluding carboxylic acids is 1. The summed E-state index contributed by atoms with van der Waals surface area (Å²) in [7, 11) is 0. The largest absolute Gasteiger partial charge is 0.461 e. The molecule has 1 rings (SSSR count). The van der Waals surface area contributed by atoms with Gasteiger partial charge in [0.15, 0.2) is 5.69 Å². The number of unbranched alkanes of at least 4 members (excludes halogenated alkanes) is 1. The van der Waals surface area contributed by atoms with Gasteiger partial charge in [-0.1, -0.05) is 19.4 Å². The van der Waals surface area contributed by atoms with Crippen LogP contribution in [0.4, 0.5) is 0 Å². The van der Waals surface area contributed by atoms with E-state index in [9.17, 15) is 4.79 Å². The van der Waals surface area contributed by atoms with Crippen LogP contribution < -0.4 is 0 Å². The number of aryl methyl sites for hydroxylation is 2. The van der Waals surface area contributed by atoms with Crippen LogP contribution in [0.15, 0.2) is 12.1 Å². The zero-order valence-electron chi connectivity index (χ0n) is 10.2. The fraction of sp³-hybridized carbons (Fsp3) is 0.538. The SMILES string of the molecule is CCCCc1ccc(C)nc1C(=O)OCC. The zero-order chi connectivity index (χ0) is 12.0. The molecule has 0 spiro atoms. The highest BCUT2D eigenvalue weighted by molar-refractivity contribution is 5.88. The van der Waals surface area contributed by atoms with Gasteiger partial charge in [0.05, 0.1) is 6.61 Å². The molecule has 0 aliphatic rings. The molecule has 16 heavy (non-hydrogen) atoms. The smallest absolute Gasteiger partial charge is 0.357 e. The lowest BCUT2D eigenvalue weighted by Gasteiger charge is -2.08. The number of pyridine rings is 1. The summed E-state index contributed by atoms with van der Waals surface area (Å²) in [5, 5.41) is 0. The standard InChI is InChI=1S/C13H19NO2/c1-4-6-7-11-9-8-10(3)14-12(11)13(15)16-5-2/h8-9H,4-7H2,1-3H3. The number of carbonyl (C=O) groups is 1. The number of ether oxygens (including phenoxy) is 1. The molecule has 0 saturated carbocycles. The molecule has 0 bridgehead atoms. The Morgan fingerprint density at radius 1 is 1.38 bits per heavy atom. The summed E-state index contributed by atoms with van der Waals surface area (Å²) >= 11 is 0. The Balaban J connectivity index is 2.93. The minimum absolute atomic E-state index is 0.308. The summed E-state index contributed by atoms with van der Waals surface area (Å²) in [5.74, 6) is -0.308. The first-order valence-electron chi connectivity index (χ1n) is 5.82. The molecular weight excluding hydrogens is 202 g/mol. The first-order valence-corrected chi connectivity index (χ1v) is 5.82. The van der Waals surface area contributed by atoms with Crippen molar-refractivity contribution in [3.05, 3.63) is 29.1 Å². The van der Waals surface area contributed by atoms with Crippen molar-refractivity contribution in [1.82, 2.24) is 4.98 Å². The lowest BCUT2D eigenvalue weighted by molar-refractivity contribution is 0.0517. The average molecular weight is 221 g/mol. The maximum atomic E-state index is 11.7. The van der Waals surface area contributed by atoms with Crippen LogP contribution in [0.1, 0.15) is 48.4 Å². The molecule has 0 aliphatic heterocycles. The normalized spacial score (nSPS) is 10.2. The van der Waals surface area contributed by atoms with E-state index in [1.165, 1.54) is 0 Å². The van der Waals surface area contributed by atoms with Crippen LogP contribution in [0, 0.1) is 6.92 Å². The lowest BCUT2D eigenvalue weighted by Crippen LogP contribution is -2.11. The number of esters is 1. The van der Waals surface area contributed by atoms with Crippen LogP contribution in [0.5, 0.6) is 0 Å². The molecule has 88 valence electrons. The fourth-order valence-corrected chi connectivity index (χ4v) is 1.53. The first-order chi connectivity index (χ1) is 7.69. The summed E-state index contributed by atoms with van der Waals surface area (Å²) in [6, 6.07) is 3.91. The van der Waals surface area contributed by atoms with Crippen LogP contribution in [-0.4, -0.2) is 17.6 Å². The van der Waals surface area contributed by atoms with Crippen LogP contribution >= 0.6 is 0 Å². The van der Waals surface area contributed by atoms with E-state index in [4.69, 9.17) is 4.74 Å². The Bertz CT molecular complexity index is 361. The quantitative estimate of drug-likeness (QED) is 0.718. The van der Waals surface area contributed by atoms with Gasteiger partial charge in [-0.15, -0.1) is 0 Å². The molecule has 0 aromatic carbocycles. The van der Waals surface area contributed by atoms with E-state index in [1.54, 1.807) is 6.92 Å². The van der Waals surface area contributed by atoms with Crippen molar-refractivity contribution in [2.75, 3.05) is 6.61 Å². The monoisotopic (exact) mass is 221 g/mol. The molecule has 1 aromatic rings. The summed E-state index contributed by atoms with van der Waals surface area (Å²) in [5.41, 5.74) is 2.32. The number of hydrogen-bond acceptors (Lipinski definition) is 3. The second-order valence-corrected chi connectivity index (χ2v) is 3.78. The molecule has 0 saturated heterocycles. The molecule has 0 unspecified atom stereocenters. The van der Waals surface area contributed by atoms with Gasteiger partial charge in [0.2, 0.25) is 0 Å². The van der Waals surface area contributed by atoms with Gasteiger partial charge < -0.3 is 4.74 Å². The zero-order valence-corrected chi connectivity index (χ0v) is 10.2. The van der Waals surface area contributed by atoms with Gasteiger partial charge in [-0.05, 0) is 38.3 Å². The second kappa shape index (κ2) is 6.26. The highest BCUT2D eigenvalue weighted by atomic mass is 16.5. The molecule has 0 fully saturated rings. The predicted octanol–water partition coefficient (Wildman–Crippen LogP) is 2.91. The summed E-state index contributed by atoms with van der Waals surface area (Å²) in [6.45, 7) is 6.21. The van der Waals surface area contributed by atoms with Crippen LogP contribution in [-0.2, 0) is 11.2 Å². The Morgan fingerprint density at radius 3 is 2.75 bits per heavy atom. The lowest BCUT2D eigenvalue weighted by atomic mass is 10.1. The summed E-state index contributed by atoms with van der Waals surface area (Å²) < 4.78 is 5.00. The fourth-order valence-electron chi connectivity index (χ4n) is 1.53. The molecule has 3 nitrogen and oxygen atoms in total. The van der Waals surface area contributed by atoms with Gasteiger partial charge >= 0.3 is 5.97 Å². The number of aromatic nitrogens is 1. The highest BCUT2D eigenvalue weighted by Gasteiger charge is 2.13. The van der Waals surface area contributed by atoms with Crippen molar-refractivity contribution >= 4 is 5.97 Å². The molecule has 0 aliphatic carbocycles. The van der Waals surface area contributed by atoms with Gasteiger partial charge in [0, 0.05) is 5.69 Å². The Morgan fingerprint density at radius 2 is 2.12 bits per heavy atom. The topological polar surface area (TPSA) is 39.2 Å². The number of nitrogens with zero attached hydrogens (tertiary/aromatic N) is 1. The second-order valence-electron chi connectivity index (χ2n) is 3.78. The van der Waals surface area contributed by atoms with Gasteiger partial charge in [-0.3, -0.25) is 0 Å². The van der Waals surface area contributed by atoms with E-state index < -0.39 is 0 Å². The summed E-state index contributed by atoms with van der Waals surface area (Å²) in [4.78, 5) is 16.0. The van der Waals surface area contributed by atoms with Crippen molar-refractivity contribution in [3.63, 3.8) is 0 Å². The van der Waals surface area contributed by atoms with E-state index >= 15 is 0 Å². The molecule has 0 amide bonds. The number of rotatable bonds is 5. The molecule has 3 heteroatoms. The minimum Gasteiger partial charge on any atom is -0.461 e. The maximum Gasteiger partial charge on any atom is 0.357 e. The van der Waals surface area contributed by atoms with E-state index in [1.807, 2.05) is 19.1 Å². The maximum absolute atomic E-state index is 11.7. The van der Waals surface area contributed by atoms with E-state index in [2.05, 4.69) is 11.9 Å². The van der Waals surface area contributed by atoms with Crippen LogP contribution in [0.2, 0.25) is 0 Å². The Labute approximate surface area is 96.8 Å². The van der Waals surface area contributed by atoms with Gasteiger partial charge in [0.25, 0.3) is 0 Å². The third-order valence-electron chi connectivity index (χ3n) is 2.39. The highest BCUT2D eigenvalue weighted by Crippen LogP contribution is 2.12. The summed E-state index contributed by atoms with van der Waals surface area (Å²) in [6.07, 6.45) is 3.06. The Kier molecular flexibility index (Phi) is 4.96. The molecule has 1 heterocycles. The third kappa shape index (κ3) is 3.33. The number of hydrogen-bond donors (Lipinski definition) is 0. The van der Waals surface area contributed by atoms with E-state index in [0.717, 1.165) is 30.5 Å². The van der Waals surface area contributed by atoms with Crippen molar-refractivity contribution in [3.8, 4) is 0 Å². The van der Waals surface area contributed by atoms with E-state index in [0.29, 0.717) is 12.3 Å². The van der Waals surface area contributed by atoms with Crippen molar-refractivity contribution < 1.29 is 9.53 Å². The van der Waals surface area contributed by atoms with Crippen molar-refractivity contribution in [1.29, 1.82) is 0 Å². The molecule has 0 radical (unpaired) electrons. The molecule has 1 aromatic heterocycles. The molecule has 0 atom stereocenters. The van der Waals surface area contributed by atoms with Crippen molar-refractivity contribution in [2.24, 2.45) is 0 Å². The minimum atomic E-state index is -0.308. The third-order valence-corrected chi connectivity index (χ3v) is 2.39. The molecular formula is C13H19NO2. The van der Waals surface area contributed by atoms with Crippen LogP contribution in [0.3, 0.4) is 0 Å². The van der Waals surface area contributed by atoms with Gasteiger partial charge in [-0.25, -0.2) is 9.78 Å². The van der Waals surface area contributed by atoms with Gasteiger partial charge in [-0.2, -0.15) is 0 Å². The Hall–Kier alpha value is -1.38. The van der Waals surface area contributed by atoms with E-state index in [-0.39, 0.29) is 5.97 Å². The average Bonchev–Trinajstić information content (AvgIpc) is 2.27. The predicted molar refractivity (Wildman–Crippen MR) is 63.5 cm³/mol. The van der Waals surface area contributed by atoms with Gasteiger partial charge in [0.1, 0.15) is 0 Å².